The molecular weight excluding hydrogens is 368 g/mol. The molecule has 0 radical (unpaired) electrons. The van der Waals surface area contributed by atoms with E-state index in [1.54, 1.807) is 40.5 Å². The van der Waals surface area contributed by atoms with E-state index >= 15 is 0 Å². The number of nitrogens with one attached hydrogen (secondary N) is 1. The van der Waals surface area contributed by atoms with Crippen LogP contribution in [0, 0.1) is 0 Å². The van der Waals surface area contributed by atoms with Crippen molar-refractivity contribution in [2.24, 2.45) is 0 Å². The van der Waals surface area contributed by atoms with Crippen LogP contribution in [0.25, 0.3) is 0 Å². The van der Waals surface area contributed by atoms with Gasteiger partial charge in [-0.15, -0.1) is 11.3 Å². The lowest BCUT2D eigenvalue weighted by Gasteiger charge is -2.16. The van der Waals surface area contributed by atoms with Gasteiger partial charge in [0.2, 0.25) is 15.9 Å². The predicted molar refractivity (Wildman–Crippen MR) is 103 cm³/mol. The number of amides is 1. The zero-order chi connectivity index (χ0) is 18.1. The van der Waals surface area contributed by atoms with Crippen LogP contribution in [0.5, 0.6) is 0 Å². The summed E-state index contributed by atoms with van der Waals surface area (Å²) in [5, 5.41) is 2.08. The minimum Gasteiger partial charge on any atom is -0.312 e. The van der Waals surface area contributed by atoms with Crippen LogP contribution >= 0.6 is 11.3 Å². The SMILES string of the molecule is O=C1CCCN1c1ccc(S(=O)(=O)NCc2csc3c2CCCC3)cc1. The van der Waals surface area contributed by atoms with Gasteiger partial charge in [-0.05, 0) is 72.9 Å². The molecule has 0 unspecified atom stereocenters. The van der Waals surface area contributed by atoms with Crippen LogP contribution in [0.4, 0.5) is 5.69 Å². The second-order valence-electron chi connectivity index (χ2n) is 6.84. The van der Waals surface area contributed by atoms with Gasteiger partial charge in [0.05, 0.1) is 4.90 Å². The van der Waals surface area contributed by atoms with Crippen LogP contribution in [0.2, 0.25) is 0 Å². The summed E-state index contributed by atoms with van der Waals surface area (Å²) in [4.78, 5) is 15.2. The molecule has 1 amide bonds. The molecule has 1 fully saturated rings. The number of nitrogens with zero attached hydrogens (tertiary/aromatic N) is 1. The van der Waals surface area contributed by atoms with Gasteiger partial charge in [0, 0.05) is 30.1 Å². The summed E-state index contributed by atoms with van der Waals surface area (Å²) in [6.45, 7) is 1.03. The van der Waals surface area contributed by atoms with Gasteiger partial charge in [0.15, 0.2) is 0 Å². The standard InChI is InChI=1S/C19H22N2O3S2/c22-19-6-3-11-21(19)15-7-9-16(10-8-15)26(23,24)20-12-14-13-25-18-5-2-1-4-17(14)18/h7-10,13,20H,1-6,11-12H2. The molecule has 1 aliphatic heterocycles. The molecule has 0 spiro atoms. The first-order valence-corrected chi connectivity index (χ1v) is 11.4. The van der Waals surface area contributed by atoms with E-state index in [9.17, 15) is 13.2 Å². The van der Waals surface area contributed by atoms with E-state index in [-0.39, 0.29) is 10.8 Å². The molecule has 1 aromatic heterocycles. The molecule has 2 aromatic rings. The molecule has 2 heterocycles. The van der Waals surface area contributed by atoms with Gasteiger partial charge < -0.3 is 4.90 Å². The quantitative estimate of drug-likeness (QED) is 0.852. The van der Waals surface area contributed by atoms with Crippen molar-refractivity contribution in [1.82, 2.24) is 4.72 Å². The molecule has 1 N–H and O–H groups in total. The fourth-order valence-corrected chi connectivity index (χ4v) is 5.85. The van der Waals surface area contributed by atoms with Gasteiger partial charge in [0.1, 0.15) is 0 Å². The number of hydrogen-bond donors (Lipinski definition) is 1. The lowest BCUT2D eigenvalue weighted by Crippen LogP contribution is -2.25. The van der Waals surface area contributed by atoms with E-state index in [0.717, 1.165) is 30.5 Å². The van der Waals surface area contributed by atoms with Gasteiger partial charge in [-0.1, -0.05) is 0 Å². The molecule has 1 aromatic carbocycles. The number of anilines is 1. The van der Waals surface area contributed by atoms with Crippen LogP contribution in [-0.4, -0.2) is 20.9 Å². The third-order valence-electron chi connectivity index (χ3n) is 5.13. The van der Waals surface area contributed by atoms with Crippen molar-refractivity contribution < 1.29 is 13.2 Å². The molecule has 4 rings (SSSR count). The number of thiophene rings is 1. The topological polar surface area (TPSA) is 66.5 Å². The largest absolute Gasteiger partial charge is 0.312 e. The average molecular weight is 391 g/mol. The van der Waals surface area contributed by atoms with Gasteiger partial charge in [-0.3, -0.25) is 4.79 Å². The van der Waals surface area contributed by atoms with Crippen LogP contribution in [0.15, 0.2) is 34.5 Å². The average Bonchev–Trinajstić information content (AvgIpc) is 3.26. The number of fused-ring (bicyclic) bond motifs is 1. The lowest BCUT2D eigenvalue weighted by molar-refractivity contribution is -0.117. The Hall–Kier alpha value is -1.70. The Morgan fingerprint density at radius 3 is 2.54 bits per heavy atom. The summed E-state index contributed by atoms with van der Waals surface area (Å²) in [7, 11) is -3.57. The van der Waals surface area contributed by atoms with E-state index in [1.807, 2.05) is 0 Å². The summed E-state index contributed by atoms with van der Waals surface area (Å²) < 4.78 is 27.9. The molecule has 5 nitrogen and oxygen atoms in total. The fraction of sp³-hybridized carbons (Fsp3) is 0.421. The van der Waals surface area contributed by atoms with Crippen molar-refractivity contribution in [2.45, 2.75) is 50.0 Å². The van der Waals surface area contributed by atoms with Crippen molar-refractivity contribution >= 4 is 33.0 Å². The number of carbonyl (C=O) groups is 1. The number of benzene rings is 1. The molecule has 26 heavy (non-hydrogen) atoms. The highest BCUT2D eigenvalue weighted by molar-refractivity contribution is 7.89. The smallest absolute Gasteiger partial charge is 0.240 e. The van der Waals surface area contributed by atoms with Crippen LogP contribution in [0.3, 0.4) is 0 Å². The number of rotatable bonds is 5. The zero-order valence-corrected chi connectivity index (χ0v) is 16.2. The highest BCUT2D eigenvalue weighted by Crippen LogP contribution is 2.30. The maximum atomic E-state index is 12.6. The normalized spacial score (nSPS) is 17.5. The molecule has 0 saturated carbocycles. The lowest BCUT2D eigenvalue weighted by atomic mass is 9.96. The summed E-state index contributed by atoms with van der Waals surface area (Å²) >= 11 is 1.74. The Morgan fingerprint density at radius 2 is 1.81 bits per heavy atom. The monoisotopic (exact) mass is 390 g/mol. The summed E-state index contributed by atoms with van der Waals surface area (Å²) in [5.41, 5.74) is 3.21. The van der Waals surface area contributed by atoms with Crippen molar-refractivity contribution in [3.8, 4) is 0 Å². The number of hydrogen-bond acceptors (Lipinski definition) is 4. The van der Waals surface area contributed by atoms with Gasteiger partial charge >= 0.3 is 0 Å². The van der Waals surface area contributed by atoms with Crippen LogP contribution in [0.1, 0.15) is 41.7 Å². The Labute approximate surface area is 158 Å². The minimum atomic E-state index is -3.57. The fourth-order valence-electron chi connectivity index (χ4n) is 3.69. The first-order valence-electron chi connectivity index (χ1n) is 9.03. The van der Waals surface area contributed by atoms with E-state index < -0.39 is 10.0 Å². The molecule has 138 valence electrons. The van der Waals surface area contributed by atoms with Crippen molar-refractivity contribution in [2.75, 3.05) is 11.4 Å². The van der Waals surface area contributed by atoms with E-state index in [0.29, 0.717) is 19.5 Å². The highest BCUT2D eigenvalue weighted by Gasteiger charge is 2.23. The first-order chi connectivity index (χ1) is 12.5. The Bertz CT molecular complexity index is 917. The number of aryl methyl sites for hydroxylation is 1. The van der Waals surface area contributed by atoms with Gasteiger partial charge in [-0.2, -0.15) is 0 Å². The Balaban J connectivity index is 1.46. The number of sulfonamides is 1. The van der Waals surface area contributed by atoms with E-state index in [1.165, 1.54) is 23.3 Å². The highest BCUT2D eigenvalue weighted by atomic mass is 32.2. The molecular formula is C19H22N2O3S2. The van der Waals surface area contributed by atoms with Crippen molar-refractivity contribution in [3.05, 3.63) is 45.6 Å². The maximum absolute atomic E-state index is 12.6. The zero-order valence-electron chi connectivity index (χ0n) is 14.5. The first kappa shape index (κ1) is 17.7. The maximum Gasteiger partial charge on any atom is 0.240 e. The van der Waals surface area contributed by atoms with Crippen LogP contribution in [-0.2, 0) is 34.2 Å². The summed E-state index contributed by atoms with van der Waals surface area (Å²) in [6, 6.07) is 6.58. The van der Waals surface area contributed by atoms with Gasteiger partial charge in [-0.25, -0.2) is 13.1 Å². The molecule has 2 aliphatic rings. The van der Waals surface area contributed by atoms with Crippen molar-refractivity contribution in [3.63, 3.8) is 0 Å². The second kappa shape index (κ2) is 7.13. The molecule has 0 atom stereocenters. The number of carbonyl (C=O) groups excluding carboxylic acids is 1. The Morgan fingerprint density at radius 1 is 1.04 bits per heavy atom. The predicted octanol–water partition coefficient (Wildman–Crippen LogP) is 3.23. The van der Waals surface area contributed by atoms with Crippen LogP contribution < -0.4 is 9.62 Å². The van der Waals surface area contributed by atoms with Gasteiger partial charge in [0.25, 0.3) is 0 Å². The Kier molecular flexibility index (Phi) is 4.86. The summed E-state index contributed by atoms with van der Waals surface area (Å²) in [5.74, 6) is 0.0981. The third-order valence-corrected chi connectivity index (χ3v) is 7.69. The third kappa shape index (κ3) is 3.43. The molecule has 7 heteroatoms. The van der Waals surface area contributed by atoms with Crippen molar-refractivity contribution in [1.29, 1.82) is 0 Å². The molecule has 1 aliphatic carbocycles. The summed E-state index contributed by atoms with van der Waals surface area (Å²) in [6.07, 6.45) is 5.99. The van der Waals surface area contributed by atoms with E-state index in [2.05, 4.69) is 10.1 Å². The molecule has 1 saturated heterocycles. The minimum absolute atomic E-state index is 0.0981. The van der Waals surface area contributed by atoms with E-state index in [4.69, 9.17) is 0 Å². The molecule has 0 bridgehead atoms. The second-order valence-corrected chi connectivity index (χ2v) is 9.57.